The van der Waals surface area contributed by atoms with Gasteiger partial charge in [-0.3, -0.25) is 14.5 Å². The van der Waals surface area contributed by atoms with Crippen LogP contribution in [0.4, 0.5) is 5.69 Å². The van der Waals surface area contributed by atoms with Gasteiger partial charge in [-0.15, -0.1) is 0 Å². The van der Waals surface area contributed by atoms with Crippen LogP contribution in [0.15, 0.2) is 71.9 Å². The van der Waals surface area contributed by atoms with Gasteiger partial charge in [0.2, 0.25) is 0 Å². The molecule has 0 spiro atoms. The molecule has 0 unspecified atom stereocenters. The zero-order chi connectivity index (χ0) is 20.3. The largest absolute Gasteiger partial charge is 0.289 e. The van der Waals surface area contributed by atoms with Crippen LogP contribution >= 0.6 is 11.6 Å². The maximum Gasteiger partial charge on any atom is 0.261 e. The van der Waals surface area contributed by atoms with E-state index in [1.807, 2.05) is 13.8 Å². The number of nitrogens with zero attached hydrogens (tertiary/aromatic N) is 1. The zero-order valence-corrected chi connectivity index (χ0v) is 17.0. The van der Waals surface area contributed by atoms with Gasteiger partial charge >= 0.3 is 0 Å². The Morgan fingerprint density at radius 2 is 1.64 bits per heavy atom. The van der Waals surface area contributed by atoms with Gasteiger partial charge in [-0.2, -0.15) is 0 Å². The second kappa shape index (κ2) is 8.12. The van der Waals surface area contributed by atoms with Crippen molar-refractivity contribution in [1.29, 1.82) is 0 Å². The van der Waals surface area contributed by atoms with Crippen molar-refractivity contribution in [3.63, 3.8) is 0 Å². The minimum atomic E-state index is -3.86. The number of pyridine rings is 1. The summed E-state index contributed by atoms with van der Waals surface area (Å²) >= 11 is 6.04. The van der Waals surface area contributed by atoms with E-state index in [9.17, 15) is 13.2 Å². The molecule has 5 nitrogen and oxygen atoms in total. The number of ketones is 1. The second-order valence-electron chi connectivity index (χ2n) is 6.58. The van der Waals surface area contributed by atoms with E-state index in [0.29, 0.717) is 16.5 Å². The Morgan fingerprint density at radius 1 is 1.00 bits per heavy atom. The van der Waals surface area contributed by atoms with Gasteiger partial charge < -0.3 is 0 Å². The van der Waals surface area contributed by atoms with Crippen LogP contribution in [-0.4, -0.2) is 19.2 Å². The van der Waals surface area contributed by atoms with Gasteiger partial charge in [0.1, 0.15) is 0 Å². The third-order valence-electron chi connectivity index (χ3n) is 4.27. The molecule has 0 amide bonds. The lowest BCUT2D eigenvalue weighted by atomic mass is 10.0. The number of aromatic nitrogens is 1. The van der Waals surface area contributed by atoms with Gasteiger partial charge in [-0.25, -0.2) is 8.42 Å². The van der Waals surface area contributed by atoms with Crippen LogP contribution in [0, 0.1) is 0 Å². The first-order valence-electron chi connectivity index (χ1n) is 8.65. The number of benzene rings is 2. The normalized spacial score (nSPS) is 11.4. The highest BCUT2D eigenvalue weighted by atomic mass is 35.5. The van der Waals surface area contributed by atoms with Crippen molar-refractivity contribution in [2.75, 3.05) is 4.72 Å². The molecule has 0 fully saturated rings. The summed E-state index contributed by atoms with van der Waals surface area (Å²) in [5.74, 6) is -0.0525. The lowest BCUT2D eigenvalue weighted by Gasteiger charge is -2.13. The highest BCUT2D eigenvalue weighted by molar-refractivity contribution is 7.92. The fourth-order valence-electron chi connectivity index (χ4n) is 2.69. The Labute approximate surface area is 169 Å². The van der Waals surface area contributed by atoms with Gasteiger partial charge in [0, 0.05) is 28.5 Å². The summed E-state index contributed by atoms with van der Waals surface area (Å²) < 4.78 is 28.1. The van der Waals surface area contributed by atoms with Crippen LogP contribution in [0.2, 0.25) is 5.02 Å². The Kier molecular flexibility index (Phi) is 5.82. The molecule has 28 heavy (non-hydrogen) atoms. The van der Waals surface area contributed by atoms with E-state index in [1.165, 1.54) is 30.6 Å². The predicted molar refractivity (Wildman–Crippen MR) is 110 cm³/mol. The molecule has 2 aromatic carbocycles. The lowest BCUT2D eigenvalue weighted by molar-refractivity contribution is 0.103. The van der Waals surface area contributed by atoms with E-state index < -0.39 is 10.0 Å². The summed E-state index contributed by atoms with van der Waals surface area (Å²) in [5.41, 5.74) is 1.76. The van der Waals surface area contributed by atoms with Crippen molar-refractivity contribution >= 4 is 33.1 Å². The molecule has 0 aliphatic carbocycles. The van der Waals surface area contributed by atoms with Crippen molar-refractivity contribution < 1.29 is 13.2 Å². The number of anilines is 1. The number of nitrogens with one attached hydrogen (secondary N) is 1. The predicted octanol–water partition coefficient (Wildman–Crippen LogP) is 4.89. The van der Waals surface area contributed by atoms with Crippen molar-refractivity contribution in [2.45, 2.75) is 24.7 Å². The highest BCUT2D eigenvalue weighted by Crippen LogP contribution is 2.26. The maximum absolute atomic E-state index is 12.8. The average molecular weight is 415 g/mol. The summed E-state index contributed by atoms with van der Waals surface area (Å²) in [7, 11) is -3.86. The first kappa shape index (κ1) is 20.0. The van der Waals surface area contributed by atoms with Gasteiger partial charge in [-0.1, -0.05) is 37.6 Å². The van der Waals surface area contributed by atoms with Gasteiger partial charge in [0.05, 0.1) is 10.6 Å². The number of hydrogen-bond acceptors (Lipinski definition) is 4. The van der Waals surface area contributed by atoms with Crippen molar-refractivity contribution in [3.05, 3.63) is 88.7 Å². The average Bonchev–Trinajstić information content (AvgIpc) is 2.69. The van der Waals surface area contributed by atoms with Crippen LogP contribution in [0.1, 0.15) is 41.3 Å². The number of sulfonamides is 1. The Bertz CT molecular complexity index is 1100. The topological polar surface area (TPSA) is 76.1 Å². The van der Waals surface area contributed by atoms with Crippen LogP contribution in [0.5, 0.6) is 0 Å². The molecule has 3 rings (SSSR count). The molecule has 0 atom stereocenters. The summed E-state index contributed by atoms with van der Waals surface area (Å²) in [6.07, 6.45) is 3.00. The molecular weight excluding hydrogens is 396 g/mol. The number of hydrogen-bond donors (Lipinski definition) is 1. The zero-order valence-electron chi connectivity index (χ0n) is 15.4. The summed E-state index contributed by atoms with van der Waals surface area (Å²) in [5, 5.41) is 0.335. The molecular formula is C21H19ClN2O3S. The standard InChI is InChI=1S/C21H19ClN2O3S/c1-14(2)15-3-6-18(7-4-15)28(26,27)24-20-8-5-17(22)13-19(20)21(25)16-9-11-23-12-10-16/h3-14,24H,1-2H3. The van der Waals surface area contributed by atoms with Crippen LogP contribution < -0.4 is 4.72 Å². The van der Waals surface area contributed by atoms with Gasteiger partial charge in [0.25, 0.3) is 10.0 Å². The van der Waals surface area contributed by atoms with Gasteiger partial charge in [-0.05, 0) is 53.9 Å². The minimum Gasteiger partial charge on any atom is -0.289 e. The first-order valence-corrected chi connectivity index (χ1v) is 10.5. The smallest absolute Gasteiger partial charge is 0.261 e. The lowest BCUT2D eigenvalue weighted by Crippen LogP contribution is -2.16. The van der Waals surface area contributed by atoms with Crippen LogP contribution in [-0.2, 0) is 10.0 Å². The minimum absolute atomic E-state index is 0.120. The number of carbonyl (C=O) groups is 1. The molecule has 3 aromatic rings. The number of carbonyl (C=O) groups excluding carboxylic acids is 1. The highest BCUT2D eigenvalue weighted by Gasteiger charge is 2.20. The monoisotopic (exact) mass is 414 g/mol. The third-order valence-corrected chi connectivity index (χ3v) is 5.89. The molecule has 0 bridgehead atoms. The Balaban J connectivity index is 1.97. The summed E-state index contributed by atoms with van der Waals surface area (Å²) in [4.78, 5) is 16.8. The number of halogens is 1. The Hall–Kier alpha value is -2.70. The molecule has 0 radical (unpaired) electrons. The van der Waals surface area contributed by atoms with Crippen LogP contribution in [0.3, 0.4) is 0 Å². The van der Waals surface area contributed by atoms with Crippen molar-refractivity contribution in [3.8, 4) is 0 Å². The van der Waals surface area contributed by atoms with E-state index >= 15 is 0 Å². The van der Waals surface area contributed by atoms with E-state index in [1.54, 1.807) is 36.4 Å². The van der Waals surface area contributed by atoms with E-state index in [0.717, 1.165) is 5.56 Å². The first-order chi connectivity index (χ1) is 13.3. The Morgan fingerprint density at radius 3 is 2.25 bits per heavy atom. The molecule has 144 valence electrons. The molecule has 0 saturated heterocycles. The quantitative estimate of drug-likeness (QED) is 0.582. The third kappa shape index (κ3) is 4.40. The summed E-state index contributed by atoms with van der Waals surface area (Å²) in [6.45, 7) is 4.07. The van der Waals surface area contributed by atoms with Crippen molar-refractivity contribution in [2.24, 2.45) is 0 Å². The maximum atomic E-state index is 12.8. The molecule has 1 heterocycles. The van der Waals surface area contributed by atoms with Crippen molar-refractivity contribution in [1.82, 2.24) is 4.98 Å². The number of rotatable bonds is 6. The van der Waals surface area contributed by atoms with E-state index in [4.69, 9.17) is 11.6 Å². The van der Waals surface area contributed by atoms with E-state index in [-0.39, 0.29) is 21.9 Å². The van der Waals surface area contributed by atoms with E-state index in [2.05, 4.69) is 9.71 Å². The SMILES string of the molecule is CC(C)c1ccc(S(=O)(=O)Nc2ccc(Cl)cc2C(=O)c2ccncc2)cc1. The summed E-state index contributed by atoms with van der Waals surface area (Å²) in [6, 6.07) is 14.3. The molecule has 0 aliphatic heterocycles. The molecule has 0 saturated carbocycles. The van der Waals surface area contributed by atoms with Gasteiger partial charge in [0.15, 0.2) is 5.78 Å². The second-order valence-corrected chi connectivity index (χ2v) is 8.70. The molecule has 7 heteroatoms. The molecule has 1 N–H and O–H groups in total. The fraction of sp³-hybridized carbons (Fsp3) is 0.143. The fourth-order valence-corrected chi connectivity index (χ4v) is 3.94. The van der Waals surface area contributed by atoms with Crippen LogP contribution in [0.25, 0.3) is 0 Å². The molecule has 0 aliphatic rings. The molecule has 1 aromatic heterocycles.